The van der Waals surface area contributed by atoms with Crippen molar-refractivity contribution < 1.29 is 14.3 Å². The second kappa shape index (κ2) is 10.6. The molecule has 0 fully saturated rings. The van der Waals surface area contributed by atoms with E-state index in [0.717, 1.165) is 17.9 Å². The van der Waals surface area contributed by atoms with E-state index in [1.54, 1.807) is 12.1 Å². The number of ether oxygens (including phenoxy) is 1. The van der Waals surface area contributed by atoms with E-state index in [1.165, 1.54) is 17.3 Å². The molecule has 0 radical (unpaired) electrons. The summed E-state index contributed by atoms with van der Waals surface area (Å²) in [6.45, 7) is 6.01. The van der Waals surface area contributed by atoms with Crippen LogP contribution in [0.2, 0.25) is 0 Å². The minimum absolute atomic E-state index is 0.109. The van der Waals surface area contributed by atoms with Crippen LogP contribution in [0.3, 0.4) is 0 Å². The van der Waals surface area contributed by atoms with Crippen LogP contribution >= 0.6 is 11.8 Å². The Morgan fingerprint density at radius 2 is 1.37 bits per heavy atom. The number of thioether (sulfide) groups is 1. The van der Waals surface area contributed by atoms with Crippen molar-refractivity contribution in [2.45, 2.75) is 33.3 Å². The summed E-state index contributed by atoms with van der Waals surface area (Å²) in [6.07, 6.45) is 1.07. The Hall–Kier alpha value is -2.47. The molecule has 2 rings (SSSR count). The van der Waals surface area contributed by atoms with Gasteiger partial charge in [0, 0.05) is 11.4 Å². The first-order valence-corrected chi connectivity index (χ1v) is 10.1. The van der Waals surface area contributed by atoms with Crippen molar-refractivity contribution in [1.82, 2.24) is 0 Å². The number of amides is 2. The van der Waals surface area contributed by atoms with E-state index in [9.17, 15) is 9.59 Å². The van der Waals surface area contributed by atoms with Crippen molar-refractivity contribution in [2.24, 2.45) is 0 Å². The maximum absolute atomic E-state index is 12.0. The Kier molecular flexibility index (Phi) is 8.20. The zero-order valence-corrected chi connectivity index (χ0v) is 16.8. The van der Waals surface area contributed by atoms with E-state index in [2.05, 4.69) is 17.6 Å². The fourth-order valence-corrected chi connectivity index (χ4v) is 2.96. The lowest BCUT2D eigenvalue weighted by Gasteiger charge is -2.10. The molecule has 0 aliphatic heterocycles. The predicted molar refractivity (Wildman–Crippen MR) is 113 cm³/mol. The number of carbonyl (C=O) groups is 2. The van der Waals surface area contributed by atoms with Crippen LogP contribution in [-0.4, -0.2) is 29.4 Å². The number of nitrogens with one attached hydrogen (secondary N) is 2. The highest BCUT2D eigenvalue weighted by molar-refractivity contribution is 8.00. The minimum Gasteiger partial charge on any atom is -0.491 e. The van der Waals surface area contributed by atoms with E-state index in [4.69, 9.17) is 4.74 Å². The van der Waals surface area contributed by atoms with Crippen molar-refractivity contribution in [2.75, 3.05) is 22.1 Å². The van der Waals surface area contributed by atoms with E-state index < -0.39 is 0 Å². The Bertz CT molecular complexity index is 743. The molecule has 0 aromatic heterocycles. The summed E-state index contributed by atoms with van der Waals surface area (Å²) in [7, 11) is 0. The van der Waals surface area contributed by atoms with Gasteiger partial charge >= 0.3 is 0 Å². The third-order valence-electron chi connectivity index (χ3n) is 3.62. The van der Waals surface area contributed by atoms with Crippen LogP contribution < -0.4 is 15.4 Å². The van der Waals surface area contributed by atoms with Crippen LogP contribution in [0.1, 0.15) is 26.3 Å². The Morgan fingerprint density at radius 1 is 0.889 bits per heavy atom. The topological polar surface area (TPSA) is 67.4 Å². The molecule has 0 aliphatic rings. The van der Waals surface area contributed by atoms with Crippen LogP contribution in [-0.2, 0) is 16.0 Å². The Morgan fingerprint density at radius 3 is 1.81 bits per heavy atom. The van der Waals surface area contributed by atoms with Crippen LogP contribution in [0, 0.1) is 0 Å². The first-order chi connectivity index (χ1) is 13.0. The number of rotatable bonds is 9. The molecule has 0 saturated heterocycles. The van der Waals surface area contributed by atoms with Gasteiger partial charge in [-0.15, -0.1) is 11.8 Å². The summed E-state index contributed by atoms with van der Waals surface area (Å²) >= 11 is 1.28. The molecule has 0 unspecified atom stereocenters. The van der Waals surface area contributed by atoms with Gasteiger partial charge in [-0.3, -0.25) is 9.59 Å². The van der Waals surface area contributed by atoms with Crippen LogP contribution in [0.4, 0.5) is 11.4 Å². The summed E-state index contributed by atoms with van der Waals surface area (Å²) in [4.78, 5) is 23.9. The molecule has 0 bridgehead atoms. The number of benzene rings is 2. The molecule has 0 heterocycles. The molecular weight excluding hydrogens is 360 g/mol. The summed E-state index contributed by atoms with van der Waals surface area (Å²) in [5.74, 6) is 0.946. The van der Waals surface area contributed by atoms with Crippen molar-refractivity contribution in [1.29, 1.82) is 0 Å². The van der Waals surface area contributed by atoms with Crippen molar-refractivity contribution >= 4 is 35.0 Å². The van der Waals surface area contributed by atoms with Crippen molar-refractivity contribution in [3.05, 3.63) is 54.1 Å². The Labute approximate surface area is 164 Å². The third-order valence-corrected chi connectivity index (χ3v) is 4.55. The average molecular weight is 387 g/mol. The fourth-order valence-electron chi connectivity index (χ4n) is 2.34. The molecule has 0 aliphatic carbocycles. The SMILES string of the molecule is CCc1ccc(NC(=O)CSCC(=O)Nc2ccc(OC(C)C)cc2)cc1. The lowest BCUT2D eigenvalue weighted by atomic mass is 10.1. The van der Waals surface area contributed by atoms with E-state index in [-0.39, 0.29) is 29.4 Å². The van der Waals surface area contributed by atoms with Gasteiger partial charge in [0.15, 0.2) is 0 Å². The normalized spacial score (nSPS) is 10.5. The minimum atomic E-state index is -0.141. The zero-order chi connectivity index (χ0) is 19.6. The van der Waals surface area contributed by atoms with E-state index in [1.807, 2.05) is 50.2 Å². The lowest BCUT2D eigenvalue weighted by molar-refractivity contribution is -0.114. The highest BCUT2D eigenvalue weighted by Gasteiger charge is 2.07. The molecule has 6 heteroatoms. The molecule has 5 nitrogen and oxygen atoms in total. The maximum Gasteiger partial charge on any atom is 0.234 e. The summed E-state index contributed by atoms with van der Waals surface area (Å²) in [6, 6.07) is 15.0. The van der Waals surface area contributed by atoms with Gasteiger partial charge in [0.05, 0.1) is 17.6 Å². The van der Waals surface area contributed by atoms with Gasteiger partial charge in [0.1, 0.15) is 5.75 Å². The highest BCUT2D eigenvalue weighted by atomic mass is 32.2. The summed E-state index contributed by atoms with van der Waals surface area (Å²) in [5.41, 5.74) is 2.70. The second-order valence-corrected chi connectivity index (χ2v) is 7.32. The summed E-state index contributed by atoms with van der Waals surface area (Å²) in [5, 5.41) is 5.64. The van der Waals surface area contributed by atoms with Gasteiger partial charge in [-0.25, -0.2) is 0 Å². The number of aryl methyl sites for hydroxylation is 1. The van der Waals surface area contributed by atoms with Gasteiger partial charge in [0.2, 0.25) is 11.8 Å². The van der Waals surface area contributed by atoms with Crippen LogP contribution in [0.25, 0.3) is 0 Å². The molecule has 2 aromatic carbocycles. The molecule has 2 N–H and O–H groups in total. The number of hydrogen-bond acceptors (Lipinski definition) is 4. The molecule has 2 amide bonds. The molecule has 144 valence electrons. The smallest absolute Gasteiger partial charge is 0.234 e. The van der Waals surface area contributed by atoms with E-state index in [0.29, 0.717) is 5.69 Å². The largest absolute Gasteiger partial charge is 0.491 e. The van der Waals surface area contributed by atoms with Gasteiger partial charge in [-0.1, -0.05) is 19.1 Å². The van der Waals surface area contributed by atoms with Gasteiger partial charge in [-0.05, 0) is 62.2 Å². The standard InChI is InChI=1S/C21H26N2O3S/c1-4-16-5-7-17(8-6-16)22-20(24)13-27-14-21(25)23-18-9-11-19(12-10-18)26-15(2)3/h5-12,15H,4,13-14H2,1-3H3,(H,22,24)(H,23,25). The first kappa shape index (κ1) is 20.8. The molecular formula is C21H26N2O3S. The second-order valence-electron chi connectivity index (χ2n) is 6.33. The monoisotopic (exact) mass is 386 g/mol. The predicted octanol–water partition coefficient (Wildman–Crippen LogP) is 4.35. The maximum atomic E-state index is 12.0. The van der Waals surface area contributed by atoms with Crippen molar-refractivity contribution in [3.63, 3.8) is 0 Å². The van der Waals surface area contributed by atoms with Gasteiger partial charge in [0.25, 0.3) is 0 Å². The molecule has 0 spiro atoms. The number of anilines is 2. The molecule has 27 heavy (non-hydrogen) atoms. The van der Waals surface area contributed by atoms with Gasteiger partial charge < -0.3 is 15.4 Å². The fraction of sp³-hybridized carbons (Fsp3) is 0.333. The third kappa shape index (κ3) is 7.74. The van der Waals surface area contributed by atoms with Gasteiger partial charge in [-0.2, -0.15) is 0 Å². The summed E-state index contributed by atoms with van der Waals surface area (Å²) < 4.78 is 5.57. The molecule has 2 aromatic rings. The zero-order valence-electron chi connectivity index (χ0n) is 16.0. The highest BCUT2D eigenvalue weighted by Crippen LogP contribution is 2.17. The van der Waals surface area contributed by atoms with E-state index >= 15 is 0 Å². The molecule has 0 atom stereocenters. The number of hydrogen-bond donors (Lipinski definition) is 2. The van der Waals surface area contributed by atoms with Crippen molar-refractivity contribution in [3.8, 4) is 5.75 Å². The lowest BCUT2D eigenvalue weighted by Crippen LogP contribution is -2.18. The average Bonchev–Trinajstić information content (AvgIpc) is 2.63. The van der Waals surface area contributed by atoms with Crippen LogP contribution in [0.15, 0.2) is 48.5 Å². The Balaban J connectivity index is 1.69. The quantitative estimate of drug-likeness (QED) is 0.672. The molecule has 0 saturated carbocycles. The number of carbonyl (C=O) groups excluding carboxylic acids is 2. The van der Waals surface area contributed by atoms with Crippen LogP contribution in [0.5, 0.6) is 5.75 Å². The first-order valence-electron chi connectivity index (χ1n) is 8.99.